The van der Waals surface area contributed by atoms with Crippen molar-refractivity contribution in [3.8, 4) is 0 Å². The van der Waals surface area contributed by atoms with Crippen molar-refractivity contribution in [2.75, 3.05) is 0 Å². The first-order valence-corrected chi connectivity index (χ1v) is 13.0. The van der Waals surface area contributed by atoms with Crippen molar-refractivity contribution in [2.45, 2.75) is 0 Å². The summed E-state index contributed by atoms with van der Waals surface area (Å²) < 4.78 is 3.76. The summed E-state index contributed by atoms with van der Waals surface area (Å²) in [4.78, 5) is 5.11. The molecule has 12 heteroatoms. The maximum absolute atomic E-state index is 5.75. The van der Waals surface area contributed by atoms with Crippen molar-refractivity contribution < 1.29 is 0 Å². The van der Waals surface area contributed by atoms with Crippen LogP contribution in [0.5, 0.6) is 0 Å². The van der Waals surface area contributed by atoms with E-state index in [-0.39, 0.29) is 0 Å². The minimum Gasteiger partial charge on any atom is -0.0765 e. The lowest BCUT2D eigenvalue weighted by Gasteiger charge is -2.19. The fourth-order valence-corrected chi connectivity index (χ4v) is 21.4. The van der Waals surface area contributed by atoms with Crippen LogP contribution in [0.25, 0.3) is 0 Å². The Morgan fingerprint density at radius 1 is 1.08 bits per heavy atom. The van der Waals surface area contributed by atoms with Crippen molar-refractivity contribution in [1.82, 2.24) is 9.72 Å². The van der Waals surface area contributed by atoms with Crippen molar-refractivity contribution in [3.63, 3.8) is 0 Å². The van der Waals surface area contributed by atoms with Crippen LogP contribution in [0, 0.1) is 0 Å². The van der Waals surface area contributed by atoms with Gasteiger partial charge >= 0.3 is 12.5 Å². The van der Waals surface area contributed by atoms with Gasteiger partial charge in [0.15, 0.2) is 45.0 Å². The molecule has 0 aromatic carbocycles. The van der Waals surface area contributed by atoms with Crippen molar-refractivity contribution in [3.05, 3.63) is 0 Å². The minimum absolute atomic E-state index is 2.55. The van der Waals surface area contributed by atoms with Gasteiger partial charge in [-0.05, 0) is 27.0 Å². The van der Waals surface area contributed by atoms with Crippen molar-refractivity contribution in [2.24, 2.45) is 4.52 Å². The van der Waals surface area contributed by atoms with E-state index in [1.54, 1.807) is 0 Å². The van der Waals surface area contributed by atoms with Crippen LogP contribution in [0.1, 0.15) is 0 Å². The third kappa shape index (κ3) is 4.09. The summed E-state index contributed by atoms with van der Waals surface area (Å²) in [6.07, 6.45) is -5.41. The Bertz CT molecular complexity index is 240. The molecule has 12 heavy (non-hydrogen) atoms. The Morgan fingerprint density at radius 2 is 1.58 bits per heavy atom. The predicted molar refractivity (Wildman–Crippen MR) is 64.6 cm³/mol. The van der Waals surface area contributed by atoms with Crippen LogP contribution in [-0.2, 0) is 0 Å². The minimum atomic E-state index is -2.75. The van der Waals surface area contributed by atoms with E-state index in [9.17, 15) is 0 Å². The lowest BCUT2D eigenvalue weighted by Crippen LogP contribution is -2.16. The van der Waals surface area contributed by atoms with Gasteiger partial charge < -0.3 is 0 Å². The summed E-state index contributed by atoms with van der Waals surface area (Å²) in [5.41, 5.74) is 0. The zero-order valence-corrected chi connectivity index (χ0v) is 12.3. The van der Waals surface area contributed by atoms with Gasteiger partial charge in [0.05, 0.1) is 0 Å². The first-order valence-electron chi connectivity index (χ1n) is 2.31. The Kier molecular flexibility index (Phi) is 4.23. The van der Waals surface area contributed by atoms with Crippen LogP contribution in [0.4, 0.5) is 0 Å². The standard InChI is InChI=1S/Cl6H2N3P3/c1-10(2)7-11(3,4)9-12(5,6)8-10/h7-8H/q+2. The van der Waals surface area contributed by atoms with Crippen LogP contribution in [-0.4, -0.2) is 0 Å². The SMILES string of the molecule is ClP1(Cl)=N[P+](Cl)(Cl)N[P+](Cl)(Cl)N1. The molecule has 0 bridgehead atoms. The molecule has 0 fully saturated rings. The summed E-state index contributed by atoms with van der Waals surface area (Å²) in [6.45, 7) is 0. The van der Waals surface area contributed by atoms with E-state index in [1.165, 1.54) is 0 Å². The molecule has 0 aliphatic carbocycles. The summed E-state index contributed by atoms with van der Waals surface area (Å²) in [5.74, 6) is -2.75. The van der Waals surface area contributed by atoms with Gasteiger partial charge in [-0.2, -0.15) is 0 Å². The molecule has 0 saturated carbocycles. The third-order valence-electron chi connectivity index (χ3n) is 0.716. The Hall–Kier alpha value is 2.75. The molecule has 0 spiro atoms. The van der Waals surface area contributed by atoms with Crippen molar-refractivity contribution in [1.29, 1.82) is 0 Å². The Labute approximate surface area is 99.5 Å². The molecule has 2 N–H and O–H groups in total. The lowest BCUT2D eigenvalue weighted by molar-refractivity contribution is 1.48. The fraction of sp³-hybridized carbons (Fsp3) is 0. The van der Waals surface area contributed by atoms with Crippen LogP contribution >= 0.6 is 85.9 Å². The summed E-state index contributed by atoms with van der Waals surface area (Å²) in [5, 5.41) is 0. The number of hydrogen-bond donors (Lipinski definition) is 2. The molecule has 1 aliphatic rings. The van der Waals surface area contributed by atoms with Gasteiger partial charge in [-0.15, -0.1) is 0 Å². The first-order chi connectivity index (χ1) is 5.12. The summed E-state index contributed by atoms with van der Waals surface area (Å²) >= 11 is 34.4. The number of rotatable bonds is 0. The second-order valence-corrected chi connectivity index (χ2v) is 17.5. The molecule has 0 aromatic heterocycles. The van der Waals surface area contributed by atoms with Crippen LogP contribution in [0.3, 0.4) is 0 Å². The number of nitrogens with one attached hydrogen (secondary N) is 2. The average Bonchev–Trinajstić information content (AvgIpc) is 1.44. The predicted octanol–water partition coefficient (Wildman–Crippen LogP) is 5.91. The molecule has 72 valence electrons. The summed E-state index contributed by atoms with van der Waals surface area (Å²) in [6, 6.07) is 0. The zero-order chi connectivity index (χ0) is 9.62. The fourth-order valence-electron chi connectivity index (χ4n) is 0.506. The molecule has 0 atom stereocenters. The maximum atomic E-state index is 5.75. The highest BCUT2D eigenvalue weighted by Gasteiger charge is 2.61. The molecule has 1 rings (SSSR count). The van der Waals surface area contributed by atoms with E-state index in [1.807, 2.05) is 0 Å². The van der Waals surface area contributed by atoms with Gasteiger partial charge in [-0.25, -0.2) is 0 Å². The van der Waals surface area contributed by atoms with E-state index in [0.717, 1.165) is 0 Å². The van der Waals surface area contributed by atoms with E-state index in [2.05, 4.69) is 14.2 Å². The highest BCUT2D eigenvalue weighted by atomic mass is 35.9. The quantitative estimate of drug-likeness (QED) is 0.533. The molecule has 0 amide bonds. The van der Waals surface area contributed by atoms with Gasteiger partial charge in [0.25, 0.3) is 5.91 Å². The molecule has 0 radical (unpaired) electrons. The van der Waals surface area contributed by atoms with Crippen molar-refractivity contribution >= 4 is 85.9 Å². The largest absolute Gasteiger partial charge is 0.435 e. The molecule has 0 unspecified atom stereocenters. The second kappa shape index (κ2) is 3.96. The molecular formula is H2Cl6N3P3+2. The number of nitrogens with zero attached hydrogens (tertiary/aromatic N) is 1. The molecular weight excluding hydrogens is 348 g/mol. The Morgan fingerprint density at radius 3 is 1.92 bits per heavy atom. The van der Waals surface area contributed by atoms with Crippen LogP contribution in [0.15, 0.2) is 4.52 Å². The third-order valence-corrected chi connectivity index (χ3v) is 14.3. The van der Waals surface area contributed by atoms with E-state index >= 15 is 0 Å². The average molecular weight is 350 g/mol. The molecule has 1 heterocycles. The smallest absolute Gasteiger partial charge is 0.0765 e. The molecule has 0 saturated heterocycles. The summed E-state index contributed by atoms with van der Waals surface area (Å²) in [7, 11) is 0. The topological polar surface area (TPSA) is 36.4 Å². The van der Waals surface area contributed by atoms with Gasteiger partial charge in [-0.3, -0.25) is 0 Å². The van der Waals surface area contributed by atoms with Gasteiger partial charge in [-0.1, -0.05) is 4.86 Å². The van der Waals surface area contributed by atoms with E-state index in [0.29, 0.717) is 0 Å². The van der Waals surface area contributed by atoms with E-state index < -0.39 is 18.4 Å². The normalized spacial score (nSPS) is 30.8. The molecule has 0 aromatic rings. The monoisotopic (exact) mass is 347 g/mol. The van der Waals surface area contributed by atoms with Gasteiger partial charge in [0.1, 0.15) is 0 Å². The maximum Gasteiger partial charge on any atom is 0.435 e. The van der Waals surface area contributed by atoms with Gasteiger partial charge in [0.2, 0.25) is 0 Å². The number of hydrogen-bond acceptors (Lipinski definition) is 3. The van der Waals surface area contributed by atoms with Crippen LogP contribution < -0.4 is 9.72 Å². The Balaban J connectivity index is 3.03. The lowest BCUT2D eigenvalue weighted by atomic mass is 13.8. The van der Waals surface area contributed by atoms with E-state index in [4.69, 9.17) is 67.4 Å². The van der Waals surface area contributed by atoms with Crippen LogP contribution in [0.2, 0.25) is 0 Å². The highest BCUT2D eigenvalue weighted by molar-refractivity contribution is 8.34. The highest BCUT2D eigenvalue weighted by Crippen LogP contribution is 2.89. The second-order valence-electron chi connectivity index (χ2n) is 1.77. The first kappa shape index (κ1) is 12.8. The zero-order valence-electron chi connectivity index (χ0n) is 5.06. The number of halogens is 6. The van der Waals surface area contributed by atoms with Gasteiger partial charge in [0, 0.05) is 4.86 Å². The molecule has 3 nitrogen and oxygen atoms in total. The molecule has 1 aliphatic heterocycles.